The number of carbonyl (C=O) groups is 1. The second-order valence-electron chi connectivity index (χ2n) is 12.2. The van der Waals surface area contributed by atoms with Gasteiger partial charge >= 0.3 is 5.97 Å². The van der Waals surface area contributed by atoms with E-state index in [1.54, 1.807) is 0 Å². The third kappa shape index (κ3) is 7.09. The lowest BCUT2D eigenvalue weighted by molar-refractivity contribution is -0.154. The molecule has 0 bridgehead atoms. The van der Waals surface area contributed by atoms with Crippen LogP contribution in [0.25, 0.3) is 0 Å². The van der Waals surface area contributed by atoms with E-state index in [2.05, 4.69) is 85.4 Å². The number of benzene rings is 2. The molecule has 0 aliphatic rings. The summed E-state index contributed by atoms with van der Waals surface area (Å²) in [6.07, 6.45) is 1.32. The van der Waals surface area contributed by atoms with E-state index >= 15 is 0 Å². The largest absolute Gasteiger partial charge is 0.460 e. The molecule has 2 nitrogen and oxygen atoms in total. The molecule has 2 aromatic rings. The summed E-state index contributed by atoms with van der Waals surface area (Å²) in [5, 5.41) is 0. The molecule has 4 heteroatoms. The van der Waals surface area contributed by atoms with Crippen LogP contribution in [-0.4, -0.2) is 26.4 Å². The Balaban J connectivity index is 2.70. The first-order chi connectivity index (χ1) is 15.0. The number of hydrogen-bond donors (Lipinski definition) is 0. The number of carbonyl (C=O) groups excluding carboxylic acids is 1. The smallest absolute Gasteiger partial charge is 0.306 e. The molecule has 33 heavy (non-hydrogen) atoms. The number of aryl methyl sites for hydroxylation is 6. The summed E-state index contributed by atoms with van der Waals surface area (Å²) in [5.41, 5.74) is 10.9. The third-order valence-corrected chi connectivity index (χ3v) is 9.54. The van der Waals surface area contributed by atoms with Crippen molar-refractivity contribution in [3.8, 4) is 0 Å². The molecule has 0 radical (unpaired) electrons. The fourth-order valence-corrected chi connectivity index (χ4v) is 8.02. The lowest BCUT2D eigenvalue weighted by Gasteiger charge is -2.37. The van der Waals surface area contributed by atoms with Crippen LogP contribution in [-0.2, 0) is 9.53 Å². The van der Waals surface area contributed by atoms with Gasteiger partial charge in [0.1, 0.15) is 5.60 Å². The molecular formula is C29H45BO2Si. The van der Waals surface area contributed by atoms with Crippen LogP contribution in [0.2, 0.25) is 25.1 Å². The standard InChI is InChI=1S/C29H45BO2Si/c1-19-15-21(3)27(22(4)16-19)30(28-23(5)17-20(2)18-24(28)6)25(33(10,11)12)13-14-26(31)32-29(7,8)9/h15-18,25H,13-14H2,1-12H3. The molecule has 0 N–H and O–H groups in total. The molecular weight excluding hydrogens is 419 g/mol. The number of rotatable bonds is 7. The second kappa shape index (κ2) is 10.2. The van der Waals surface area contributed by atoms with Crippen molar-refractivity contribution in [2.75, 3.05) is 0 Å². The zero-order valence-electron chi connectivity index (χ0n) is 23.2. The maximum absolute atomic E-state index is 12.7. The summed E-state index contributed by atoms with van der Waals surface area (Å²) in [4.78, 5) is 12.7. The van der Waals surface area contributed by atoms with Crippen LogP contribution in [0, 0.1) is 41.5 Å². The van der Waals surface area contributed by atoms with Crippen molar-refractivity contribution >= 4 is 31.7 Å². The van der Waals surface area contributed by atoms with Gasteiger partial charge in [0.2, 0.25) is 6.71 Å². The van der Waals surface area contributed by atoms with Crippen LogP contribution >= 0.6 is 0 Å². The van der Waals surface area contributed by atoms with Crippen LogP contribution in [0.1, 0.15) is 67.0 Å². The highest BCUT2D eigenvalue weighted by Crippen LogP contribution is 2.32. The highest BCUT2D eigenvalue weighted by molar-refractivity contribution is 7.00. The number of ether oxygens (including phenoxy) is 1. The van der Waals surface area contributed by atoms with E-state index < -0.39 is 13.7 Å². The average molecular weight is 465 g/mol. The van der Waals surface area contributed by atoms with Crippen molar-refractivity contribution in [1.82, 2.24) is 0 Å². The first-order valence-electron chi connectivity index (χ1n) is 12.4. The average Bonchev–Trinajstić information content (AvgIpc) is 2.56. The highest BCUT2D eigenvalue weighted by Gasteiger charge is 2.41. The zero-order valence-corrected chi connectivity index (χ0v) is 24.2. The molecule has 0 saturated carbocycles. The highest BCUT2D eigenvalue weighted by atomic mass is 28.3. The van der Waals surface area contributed by atoms with Crippen LogP contribution in [0.4, 0.5) is 0 Å². The van der Waals surface area contributed by atoms with Gasteiger partial charge in [0.05, 0.1) is 0 Å². The topological polar surface area (TPSA) is 26.3 Å². The van der Waals surface area contributed by atoms with Crippen LogP contribution in [0.3, 0.4) is 0 Å². The Labute approximate surface area is 204 Å². The van der Waals surface area contributed by atoms with Crippen LogP contribution in [0.5, 0.6) is 0 Å². The second-order valence-corrected chi connectivity index (χ2v) is 17.7. The Morgan fingerprint density at radius 1 is 0.818 bits per heavy atom. The minimum Gasteiger partial charge on any atom is -0.460 e. The molecule has 2 rings (SSSR count). The van der Waals surface area contributed by atoms with Crippen molar-refractivity contribution in [1.29, 1.82) is 0 Å². The molecule has 1 atom stereocenters. The van der Waals surface area contributed by atoms with E-state index in [0.29, 0.717) is 11.9 Å². The molecule has 0 saturated heterocycles. The molecule has 1 unspecified atom stereocenters. The SMILES string of the molecule is Cc1cc(C)c(B(c2c(C)cc(C)cc2C)C(CCC(=O)OC(C)(C)C)[Si](C)(C)C)c(C)c1. The fraction of sp³-hybridized carbons (Fsp3) is 0.552. The Kier molecular flexibility index (Phi) is 8.49. The van der Waals surface area contributed by atoms with Crippen molar-refractivity contribution in [3.63, 3.8) is 0 Å². The van der Waals surface area contributed by atoms with Crippen LogP contribution in [0.15, 0.2) is 24.3 Å². The van der Waals surface area contributed by atoms with Gasteiger partial charge in [0.25, 0.3) is 0 Å². The van der Waals surface area contributed by atoms with E-state index in [1.165, 1.54) is 44.3 Å². The Morgan fingerprint density at radius 2 is 1.18 bits per heavy atom. The monoisotopic (exact) mass is 464 g/mol. The molecule has 2 aromatic carbocycles. The molecule has 0 heterocycles. The molecule has 0 aliphatic heterocycles. The van der Waals surface area contributed by atoms with Gasteiger partial charge in [-0.05, 0) is 68.7 Å². The zero-order chi connectivity index (χ0) is 25.3. The van der Waals surface area contributed by atoms with E-state index in [1.807, 2.05) is 20.8 Å². The molecule has 0 fully saturated rings. The predicted octanol–water partition coefficient (Wildman–Crippen LogP) is 6.52. The summed E-state index contributed by atoms with van der Waals surface area (Å²) < 4.78 is 5.69. The van der Waals surface area contributed by atoms with Gasteiger partial charge in [-0.25, -0.2) is 0 Å². The van der Waals surface area contributed by atoms with Gasteiger partial charge in [-0.1, -0.05) is 93.7 Å². The molecule has 0 spiro atoms. The lowest BCUT2D eigenvalue weighted by atomic mass is 9.35. The molecule has 0 aromatic heterocycles. The van der Waals surface area contributed by atoms with Gasteiger partial charge in [-0.15, -0.1) is 0 Å². The Morgan fingerprint density at radius 3 is 1.48 bits per heavy atom. The number of hydrogen-bond acceptors (Lipinski definition) is 2. The van der Waals surface area contributed by atoms with E-state index in [-0.39, 0.29) is 12.7 Å². The van der Waals surface area contributed by atoms with Gasteiger partial charge in [-0.2, -0.15) is 0 Å². The van der Waals surface area contributed by atoms with Gasteiger partial charge in [-0.3, -0.25) is 4.79 Å². The fourth-order valence-electron chi connectivity index (χ4n) is 5.68. The Bertz CT molecular complexity index is 908. The molecule has 0 aliphatic carbocycles. The van der Waals surface area contributed by atoms with Crippen molar-refractivity contribution in [2.45, 2.75) is 106 Å². The third-order valence-electron chi connectivity index (χ3n) is 6.69. The minimum atomic E-state index is -1.67. The van der Waals surface area contributed by atoms with E-state index in [9.17, 15) is 4.79 Å². The predicted molar refractivity (Wildman–Crippen MR) is 149 cm³/mol. The summed E-state index contributed by atoms with van der Waals surface area (Å²) in [7, 11) is -1.67. The van der Waals surface area contributed by atoms with Crippen molar-refractivity contribution in [3.05, 3.63) is 57.6 Å². The summed E-state index contributed by atoms with van der Waals surface area (Å²) in [5.74, 6) is -0.0841. The van der Waals surface area contributed by atoms with E-state index in [0.717, 1.165) is 6.42 Å². The van der Waals surface area contributed by atoms with Crippen molar-refractivity contribution in [2.24, 2.45) is 0 Å². The first-order valence-corrected chi connectivity index (χ1v) is 16.0. The summed E-state index contributed by atoms with van der Waals surface area (Å²) in [6.45, 7) is 26.9. The van der Waals surface area contributed by atoms with Gasteiger partial charge in [0, 0.05) is 14.5 Å². The normalized spacial score (nSPS) is 13.1. The van der Waals surface area contributed by atoms with Gasteiger partial charge in [0.15, 0.2) is 0 Å². The van der Waals surface area contributed by atoms with Crippen LogP contribution < -0.4 is 10.9 Å². The summed E-state index contributed by atoms with van der Waals surface area (Å²) >= 11 is 0. The number of esters is 1. The lowest BCUT2D eigenvalue weighted by Crippen LogP contribution is -2.56. The quantitative estimate of drug-likeness (QED) is 0.345. The van der Waals surface area contributed by atoms with E-state index in [4.69, 9.17) is 4.74 Å². The molecule has 180 valence electrons. The minimum absolute atomic E-state index is 0.0841. The summed E-state index contributed by atoms with van der Waals surface area (Å²) in [6, 6.07) is 9.29. The maximum Gasteiger partial charge on any atom is 0.306 e. The Hall–Kier alpha value is -1.81. The van der Waals surface area contributed by atoms with Gasteiger partial charge < -0.3 is 4.74 Å². The first kappa shape index (κ1) is 27.4. The van der Waals surface area contributed by atoms with Crippen molar-refractivity contribution < 1.29 is 9.53 Å². The molecule has 0 amide bonds. The maximum atomic E-state index is 12.7.